The number of carbonyl (C=O) groups excluding carboxylic acids is 1. The van der Waals surface area contributed by atoms with Crippen LogP contribution in [-0.4, -0.2) is 36.1 Å². The van der Waals surface area contributed by atoms with E-state index in [4.69, 9.17) is 0 Å². The summed E-state index contributed by atoms with van der Waals surface area (Å²) >= 11 is 0. The standard InChI is InChI=1S/C25H43N3O/c1-2-25(29)26-24-14-7-6-13-22(24)20-11-8-12-21(17-20)23-15-16-28(27-23)18-19-9-4-3-5-10-19/h2,19-24,27H,1,3-18H2,(H,26,29). The highest BCUT2D eigenvalue weighted by Crippen LogP contribution is 2.42. The monoisotopic (exact) mass is 401 g/mol. The maximum absolute atomic E-state index is 11.9. The van der Waals surface area contributed by atoms with Gasteiger partial charge in [-0.15, -0.1) is 0 Å². The van der Waals surface area contributed by atoms with Crippen LogP contribution in [0.5, 0.6) is 0 Å². The average molecular weight is 402 g/mol. The molecule has 1 heterocycles. The van der Waals surface area contributed by atoms with Crippen LogP contribution in [0.2, 0.25) is 0 Å². The summed E-state index contributed by atoms with van der Waals surface area (Å²) in [6.45, 7) is 6.16. The van der Waals surface area contributed by atoms with Crippen LogP contribution in [0.25, 0.3) is 0 Å². The van der Waals surface area contributed by atoms with Gasteiger partial charge in [0.05, 0.1) is 0 Å². The molecule has 0 aromatic rings. The Kier molecular flexibility index (Phi) is 7.69. The van der Waals surface area contributed by atoms with E-state index in [9.17, 15) is 4.79 Å². The number of amides is 1. The molecule has 4 heteroatoms. The zero-order valence-electron chi connectivity index (χ0n) is 18.4. The van der Waals surface area contributed by atoms with Crippen molar-refractivity contribution in [3.8, 4) is 0 Å². The molecule has 5 unspecified atom stereocenters. The van der Waals surface area contributed by atoms with Crippen LogP contribution in [0.15, 0.2) is 12.7 Å². The van der Waals surface area contributed by atoms with Crippen molar-refractivity contribution < 1.29 is 4.79 Å². The lowest BCUT2D eigenvalue weighted by atomic mass is 9.67. The second-order valence-electron chi connectivity index (χ2n) is 10.4. The molecule has 3 aliphatic carbocycles. The zero-order valence-corrected chi connectivity index (χ0v) is 18.4. The van der Waals surface area contributed by atoms with Crippen molar-refractivity contribution >= 4 is 5.91 Å². The van der Waals surface area contributed by atoms with Crippen LogP contribution in [0.4, 0.5) is 0 Å². The Labute approximate surface area is 178 Å². The van der Waals surface area contributed by atoms with E-state index in [1.807, 2.05) is 0 Å². The second kappa shape index (κ2) is 10.4. The van der Waals surface area contributed by atoms with Gasteiger partial charge >= 0.3 is 0 Å². The van der Waals surface area contributed by atoms with Gasteiger partial charge in [0.2, 0.25) is 5.91 Å². The Morgan fingerprint density at radius 1 is 0.931 bits per heavy atom. The summed E-state index contributed by atoms with van der Waals surface area (Å²) in [5, 5.41) is 5.84. The van der Waals surface area contributed by atoms with Crippen LogP contribution >= 0.6 is 0 Å². The highest BCUT2D eigenvalue weighted by atomic mass is 16.1. The van der Waals surface area contributed by atoms with Crippen molar-refractivity contribution in [3.63, 3.8) is 0 Å². The van der Waals surface area contributed by atoms with Crippen LogP contribution in [0.3, 0.4) is 0 Å². The first kappa shape index (κ1) is 21.4. The summed E-state index contributed by atoms with van der Waals surface area (Å²) in [4.78, 5) is 11.9. The molecule has 4 aliphatic rings. The summed E-state index contributed by atoms with van der Waals surface area (Å²) < 4.78 is 0. The summed E-state index contributed by atoms with van der Waals surface area (Å²) in [5.74, 6) is 3.23. The Morgan fingerprint density at radius 3 is 2.52 bits per heavy atom. The maximum Gasteiger partial charge on any atom is 0.243 e. The van der Waals surface area contributed by atoms with E-state index in [-0.39, 0.29) is 5.91 Å². The molecule has 1 amide bonds. The molecule has 4 nitrogen and oxygen atoms in total. The number of hydrazine groups is 1. The van der Waals surface area contributed by atoms with E-state index >= 15 is 0 Å². The van der Waals surface area contributed by atoms with Gasteiger partial charge < -0.3 is 5.32 Å². The molecule has 4 rings (SSSR count). The largest absolute Gasteiger partial charge is 0.350 e. The lowest BCUT2D eigenvalue weighted by molar-refractivity contribution is -0.118. The Balaban J connectivity index is 1.29. The van der Waals surface area contributed by atoms with E-state index in [2.05, 4.69) is 22.3 Å². The number of nitrogens with one attached hydrogen (secondary N) is 2. The predicted molar refractivity (Wildman–Crippen MR) is 119 cm³/mol. The number of hydrogen-bond acceptors (Lipinski definition) is 3. The highest BCUT2D eigenvalue weighted by molar-refractivity contribution is 5.87. The minimum absolute atomic E-state index is 0.0186. The summed E-state index contributed by atoms with van der Waals surface area (Å²) in [7, 11) is 0. The van der Waals surface area contributed by atoms with Crippen molar-refractivity contribution in [1.29, 1.82) is 0 Å². The van der Waals surface area contributed by atoms with Gasteiger partial charge in [-0.05, 0) is 74.7 Å². The molecular weight excluding hydrogens is 358 g/mol. The lowest BCUT2D eigenvalue weighted by Gasteiger charge is -2.42. The molecule has 4 fully saturated rings. The predicted octanol–water partition coefficient (Wildman–Crippen LogP) is 4.81. The van der Waals surface area contributed by atoms with Crippen molar-refractivity contribution in [2.24, 2.45) is 23.7 Å². The van der Waals surface area contributed by atoms with Crippen molar-refractivity contribution in [3.05, 3.63) is 12.7 Å². The molecular formula is C25H43N3O. The first-order valence-electron chi connectivity index (χ1n) is 12.7. The molecule has 0 aromatic carbocycles. The van der Waals surface area contributed by atoms with Gasteiger partial charge in [0.25, 0.3) is 0 Å². The van der Waals surface area contributed by atoms with Crippen LogP contribution in [0, 0.1) is 23.7 Å². The molecule has 0 radical (unpaired) electrons. The first-order valence-corrected chi connectivity index (χ1v) is 12.7. The molecule has 0 bridgehead atoms. The topological polar surface area (TPSA) is 44.4 Å². The van der Waals surface area contributed by atoms with Gasteiger partial charge in [0, 0.05) is 25.2 Å². The molecule has 5 atom stereocenters. The van der Waals surface area contributed by atoms with Gasteiger partial charge in [-0.25, -0.2) is 5.01 Å². The first-order chi connectivity index (χ1) is 14.2. The van der Waals surface area contributed by atoms with Crippen LogP contribution < -0.4 is 10.7 Å². The summed E-state index contributed by atoms with van der Waals surface area (Å²) in [5.41, 5.74) is 3.93. The van der Waals surface area contributed by atoms with Gasteiger partial charge in [-0.2, -0.15) is 0 Å². The fourth-order valence-electron chi connectivity index (χ4n) is 6.99. The molecule has 0 aromatic heterocycles. The number of carbonyl (C=O) groups is 1. The number of hydrogen-bond donors (Lipinski definition) is 2. The molecule has 2 N–H and O–H groups in total. The fraction of sp³-hybridized carbons (Fsp3) is 0.880. The Bertz CT molecular complexity index is 544. The molecule has 29 heavy (non-hydrogen) atoms. The molecule has 1 aliphatic heterocycles. The van der Waals surface area contributed by atoms with Gasteiger partial charge in [-0.1, -0.05) is 51.5 Å². The minimum atomic E-state index is 0.0186. The molecule has 1 saturated heterocycles. The minimum Gasteiger partial charge on any atom is -0.350 e. The second-order valence-corrected chi connectivity index (χ2v) is 10.4. The third-order valence-corrected chi connectivity index (χ3v) is 8.52. The normalized spacial score (nSPS) is 37.3. The van der Waals surface area contributed by atoms with E-state index in [1.54, 1.807) is 0 Å². The van der Waals surface area contributed by atoms with Crippen molar-refractivity contribution in [1.82, 2.24) is 15.8 Å². The van der Waals surface area contributed by atoms with Crippen LogP contribution in [-0.2, 0) is 4.79 Å². The summed E-state index contributed by atoms with van der Waals surface area (Å²) in [6, 6.07) is 1.06. The number of rotatable bonds is 6. The fourth-order valence-corrected chi connectivity index (χ4v) is 6.99. The Hall–Kier alpha value is -0.870. The quantitative estimate of drug-likeness (QED) is 0.628. The zero-order chi connectivity index (χ0) is 20.1. The van der Waals surface area contributed by atoms with E-state index in [0.717, 1.165) is 24.2 Å². The third-order valence-electron chi connectivity index (χ3n) is 8.52. The Morgan fingerprint density at radius 2 is 1.69 bits per heavy atom. The average Bonchev–Trinajstić information content (AvgIpc) is 3.23. The van der Waals surface area contributed by atoms with Crippen molar-refractivity contribution in [2.45, 2.75) is 102 Å². The molecule has 0 spiro atoms. The molecule has 3 saturated carbocycles. The maximum atomic E-state index is 11.9. The van der Waals surface area contributed by atoms with Crippen LogP contribution in [0.1, 0.15) is 89.9 Å². The lowest BCUT2D eigenvalue weighted by Crippen LogP contribution is -2.47. The SMILES string of the molecule is C=CC(=O)NC1CCCCC1C1CCCC(C2CCN(CC3CCCCC3)N2)C1. The van der Waals surface area contributed by atoms with Gasteiger partial charge in [0.15, 0.2) is 0 Å². The molecule has 164 valence electrons. The van der Waals surface area contributed by atoms with Crippen molar-refractivity contribution in [2.75, 3.05) is 13.1 Å². The van der Waals surface area contributed by atoms with E-state index < -0.39 is 0 Å². The number of nitrogens with zero attached hydrogens (tertiary/aromatic N) is 1. The van der Waals surface area contributed by atoms with E-state index in [0.29, 0.717) is 18.0 Å². The smallest absolute Gasteiger partial charge is 0.243 e. The summed E-state index contributed by atoms with van der Waals surface area (Å²) in [6.07, 6.45) is 20.5. The van der Waals surface area contributed by atoms with Gasteiger partial charge in [-0.3, -0.25) is 10.2 Å². The van der Waals surface area contributed by atoms with E-state index in [1.165, 1.54) is 103 Å². The third kappa shape index (κ3) is 5.64. The van der Waals surface area contributed by atoms with Gasteiger partial charge in [0.1, 0.15) is 0 Å². The highest BCUT2D eigenvalue weighted by Gasteiger charge is 2.39.